The van der Waals surface area contributed by atoms with Crippen LogP contribution in [0.25, 0.3) is 0 Å². The molecule has 1 atom stereocenters. The molecule has 1 rings (SSSR count). The lowest BCUT2D eigenvalue weighted by Crippen LogP contribution is -2.38. The maximum atomic E-state index is 5.24. The van der Waals surface area contributed by atoms with Crippen molar-refractivity contribution in [2.75, 3.05) is 46.3 Å². The minimum atomic E-state index is 0.353. The quantitative estimate of drug-likeness (QED) is 0.736. The van der Waals surface area contributed by atoms with Crippen LogP contribution in [-0.4, -0.2) is 57.0 Å². The van der Waals surface area contributed by atoms with Crippen molar-refractivity contribution in [2.45, 2.75) is 19.5 Å². The molecule has 0 radical (unpaired) electrons. The number of ether oxygens (including phenoxy) is 2. The van der Waals surface area contributed by atoms with E-state index in [1.807, 2.05) is 19.3 Å². The summed E-state index contributed by atoms with van der Waals surface area (Å²) in [4.78, 5) is 6.58. The summed E-state index contributed by atoms with van der Waals surface area (Å²) in [5, 5.41) is 3.06. The van der Waals surface area contributed by atoms with Gasteiger partial charge in [0.1, 0.15) is 5.82 Å². The summed E-state index contributed by atoms with van der Waals surface area (Å²) in [7, 11) is 5.34. The van der Waals surface area contributed by atoms with Crippen molar-refractivity contribution in [3.63, 3.8) is 0 Å². The molecule has 0 saturated carbocycles. The molecule has 0 bridgehead atoms. The molecule has 1 N–H and O–H groups in total. The number of rotatable bonds is 9. The van der Waals surface area contributed by atoms with Gasteiger partial charge in [-0.05, 0) is 24.6 Å². The van der Waals surface area contributed by atoms with Crippen LogP contribution in [0.15, 0.2) is 18.3 Å². The van der Waals surface area contributed by atoms with E-state index in [2.05, 4.69) is 28.2 Å². The van der Waals surface area contributed by atoms with Gasteiger partial charge in [-0.2, -0.15) is 0 Å². The predicted octanol–water partition coefficient (Wildman–Crippen LogP) is 1.61. The summed E-state index contributed by atoms with van der Waals surface area (Å²) in [6.07, 6.45) is 1.83. The molecule has 5 heteroatoms. The molecule has 0 aliphatic rings. The average Bonchev–Trinajstić information content (AvgIpc) is 2.43. The number of hydrogen-bond donors (Lipinski definition) is 1. The second-order valence-electron chi connectivity index (χ2n) is 4.57. The van der Waals surface area contributed by atoms with E-state index in [-0.39, 0.29) is 0 Å². The highest BCUT2D eigenvalue weighted by Gasteiger charge is 2.14. The molecule has 19 heavy (non-hydrogen) atoms. The normalized spacial score (nSPS) is 12.7. The summed E-state index contributed by atoms with van der Waals surface area (Å²) in [6.45, 7) is 5.36. The molecule has 1 unspecified atom stereocenters. The van der Waals surface area contributed by atoms with Crippen molar-refractivity contribution in [1.29, 1.82) is 0 Å². The van der Waals surface area contributed by atoms with Gasteiger partial charge >= 0.3 is 0 Å². The van der Waals surface area contributed by atoms with Crippen molar-refractivity contribution in [2.24, 2.45) is 0 Å². The fourth-order valence-electron chi connectivity index (χ4n) is 1.95. The second kappa shape index (κ2) is 8.85. The first-order chi connectivity index (χ1) is 9.21. The van der Waals surface area contributed by atoms with Crippen LogP contribution in [0.3, 0.4) is 0 Å². The standard InChI is InChI=1S/C14H25N3O2/c1-12(11-19-4)17(7-8-18-3)10-13-5-6-16-14(9-13)15-2/h5-6,9,12H,7-8,10-11H2,1-4H3,(H,15,16). The maximum absolute atomic E-state index is 5.24. The van der Waals surface area contributed by atoms with Crippen LogP contribution >= 0.6 is 0 Å². The first-order valence-corrected chi connectivity index (χ1v) is 6.55. The average molecular weight is 267 g/mol. The monoisotopic (exact) mass is 267 g/mol. The molecular weight excluding hydrogens is 242 g/mol. The van der Waals surface area contributed by atoms with Crippen molar-refractivity contribution in [3.05, 3.63) is 23.9 Å². The Morgan fingerprint density at radius 2 is 2.16 bits per heavy atom. The minimum absolute atomic E-state index is 0.353. The van der Waals surface area contributed by atoms with E-state index in [1.54, 1.807) is 14.2 Å². The van der Waals surface area contributed by atoms with Crippen molar-refractivity contribution >= 4 is 5.82 Å². The molecule has 108 valence electrons. The van der Waals surface area contributed by atoms with Crippen LogP contribution < -0.4 is 5.32 Å². The Kier molecular flexibility index (Phi) is 7.40. The lowest BCUT2D eigenvalue weighted by molar-refractivity contribution is 0.0705. The summed E-state index contributed by atoms with van der Waals surface area (Å²) in [5.41, 5.74) is 1.23. The lowest BCUT2D eigenvalue weighted by atomic mass is 10.2. The second-order valence-corrected chi connectivity index (χ2v) is 4.57. The number of pyridine rings is 1. The highest BCUT2D eigenvalue weighted by Crippen LogP contribution is 2.11. The molecule has 1 heterocycles. The van der Waals surface area contributed by atoms with E-state index >= 15 is 0 Å². The van der Waals surface area contributed by atoms with Gasteiger partial charge < -0.3 is 14.8 Å². The number of anilines is 1. The Morgan fingerprint density at radius 3 is 2.79 bits per heavy atom. The lowest BCUT2D eigenvalue weighted by Gasteiger charge is -2.28. The van der Waals surface area contributed by atoms with Crippen molar-refractivity contribution in [1.82, 2.24) is 9.88 Å². The van der Waals surface area contributed by atoms with Crippen LogP contribution in [0.2, 0.25) is 0 Å². The first kappa shape index (κ1) is 15.9. The Balaban J connectivity index is 2.68. The molecule has 0 saturated heterocycles. The fourth-order valence-corrected chi connectivity index (χ4v) is 1.95. The Bertz CT molecular complexity index is 360. The summed E-state index contributed by atoms with van der Waals surface area (Å²) >= 11 is 0. The molecule has 0 amide bonds. The van der Waals surface area contributed by atoms with E-state index in [4.69, 9.17) is 9.47 Å². The molecule has 1 aromatic heterocycles. The molecule has 0 aliphatic heterocycles. The van der Waals surface area contributed by atoms with Gasteiger partial charge in [-0.15, -0.1) is 0 Å². The van der Waals surface area contributed by atoms with Crippen LogP contribution in [0, 0.1) is 0 Å². The Morgan fingerprint density at radius 1 is 1.37 bits per heavy atom. The molecule has 0 aliphatic carbocycles. The Hall–Kier alpha value is -1.17. The third-order valence-electron chi connectivity index (χ3n) is 3.08. The van der Waals surface area contributed by atoms with Gasteiger partial charge in [-0.1, -0.05) is 0 Å². The number of nitrogens with one attached hydrogen (secondary N) is 1. The zero-order chi connectivity index (χ0) is 14.1. The summed E-state index contributed by atoms with van der Waals surface area (Å²) < 4.78 is 10.4. The van der Waals surface area contributed by atoms with Gasteiger partial charge in [0.15, 0.2) is 0 Å². The molecular formula is C14H25N3O2. The van der Waals surface area contributed by atoms with Crippen LogP contribution in [0.1, 0.15) is 12.5 Å². The van der Waals surface area contributed by atoms with Gasteiger partial charge in [0.2, 0.25) is 0 Å². The van der Waals surface area contributed by atoms with E-state index in [0.29, 0.717) is 12.6 Å². The molecule has 0 spiro atoms. The van der Waals surface area contributed by atoms with E-state index < -0.39 is 0 Å². The third kappa shape index (κ3) is 5.55. The molecule has 5 nitrogen and oxygen atoms in total. The van der Waals surface area contributed by atoms with Crippen LogP contribution in [0.4, 0.5) is 5.82 Å². The maximum Gasteiger partial charge on any atom is 0.125 e. The number of methoxy groups -OCH3 is 2. The largest absolute Gasteiger partial charge is 0.383 e. The summed E-state index contributed by atoms with van der Waals surface area (Å²) in [5.74, 6) is 0.892. The zero-order valence-electron chi connectivity index (χ0n) is 12.3. The number of nitrogens with zero attached hydrogens (tertiary/aromatic N) is 2. The fraction of sp³-hybridized carbons (Fsp3) is 0.643. The first-order valence-electron chi connectivity index (χ1n) is 6.55. The van der Waals surface area contributed by atoms with E-state index in [9.17, 15) is 0 Å². The Labute approximate surface area is 115 Å². The van der Waals surface area contributed by atoms with Gasteiger partial charge in [-0.25, -0.2) is 4.98 Å². The van der Waals surface area contributed by atoms with Gasteiger partial charge in [0.05, 0.1) is 13.2 Å². The minimum Gasteiger partial charge on any atom is -0.383 e. The van der Waals surface area contributed by atoms with Gasteiger partial charge in [0, 0.05) is 46.6 Å². The topological polar surface area (TPSA) is 46.6 Å². The van der Waals surface area contributed by atoms with Crippen LogP contribution in [0.5, 0.6) is 0 Å². The third-order valence-corrected chi connectivity index (χ3v) is 3.08. The van der Waals surface area contributed by atoms with E-state index in [1.165, 1.54) is 5.56 Å². The van der Waals surface area contributed by atoms with Crippen LogP contribution in [-0.2, 0) is 16.0 Å². The molecule has 0 fully saturated rings. The molecule has 1 aromatic rings. The number of aromatic nitrogens is 1. The van der Waals surface area contributed by atoms with Crippen molar-refractivity contribution in [3.8, 4) is 0 Å². The van der Waals surface area contributed by atoms with Gasteiger partial charge in [0.25, 0.3) is 0 Å². The predicted molar refractivity (Wildman–Crippen MR) is 77.4 cm³/mol. The number of hydrogen-bond acceptors (Lipinski definition) is 5. The summed E-state index contributed by atoms with van der Waals surface area (Å²) in [6, 6.07) is 4.46. The van der Waals surface area contributed by atoms with E-state index in [0.717, 1.165) is 25.5 Å². The highest BCUT2D eigenvalue weighted by molar-refractivity contribution is 5.36. The SMILES string of the molecule is CNc1cc(CN(CCOC)C(C)COC)ccn1. The highest BCUT2D eigenvalue weighted by atomic mass is 16.5. The van der Waals surface area contributed by atoms with Crippen molar-refractivity contribution < 1.29 is 9.47 Å². The van der Waals surface area contributed by atoms with Gasteiger partial charge in [-0.3, -0.25) is 4.90 Å². The molecule has 0 aromatic carbocycles. The zero-order valence-corrected chi connectivity index (χ0v) is 12.3. The smallest absolute Gasteiger partial charge is 0.125 e.